The van der Waals surface area contributed by atoms with Crippen molar-refractivity contribution >= 4 is 23.3 Å². The van der Waals surface area contributed by atoms with Gasteiger partial charge in [-0.05, 0) is 59.7 Å². The molecule has 1 fully saturated rings. The van der Waals surface area contributed by atoms with Crippen LogP contribution < -0.4 is 10.6 Å². The summed E-state index contributed by atoms with van der Waals surface area (Å²) in [5.41, 5.74) is 2.30. The molecule has 1 aromatic heterocycles. The first-order valence-electron chi connectivity index (χ1n) is 9.44. The number of aromatic nitrogens is 4. The van der Waals surface area contributed by atoms with Crippen molar-refractivity contribution in [1.29, 1.82) is 0 Å². The third kappa shape index (κ3) is 4.57. The number of hydrogen-bond acceptors (Lipinski definition) is 5. The molecule has 0 unspecified atom stereocenters. The lowest BCUT2D eigenvalue weighted by atomic mass is 9.96. The number of amides is 3. The van der Waals surface area contributed by atoms with Gasteiger partial charge in [0.05, 0.1) is 5.69 Å². The second-order valence-corrected chi connectivity index (χ2v) is 6.85. The molecule has 3 amide bonds. The van der Waals surface area contributed by atoms with Crippen LogP contribution in [-0.4, -0.2) is 50.1 Å². The fraction of sp³-hybridized carbons (Fsp3) is 0.250. The number of carbonyl (C=O) groups excluding carboxylic acids is 2. The van der Waals surface area contributed by atoms with Crippen LogP contribution in [0.15, 0.2) is 60.9 Å². The number of nitrogens with one attached hydrogen (secondary N) is 2. The van der Waals surface area contributed by atoms with Crippen molar-refractivity contribution in [3.8, 4) is 5.69 Å². The van der Waals surface area contributed by atoms with E-state index in [9.17, 15) is 9.59 Å². The number of carbonyl (C=O) groups is 2. The van der Waals surface area contributed by atoms with Gasteiger partial charge in [0, 0.05) is 30.4 Å². The lowest BCUT2D eigenvalue weighted by Gasteiger charge is -2.31. The summed E-state index contributed by atoms with van der Waals surface area (Å²) < 4.78 is 1.54. The number of para-hydroxylation sites is 1. The summed E-state index contributed by atoms with van der Waals surface area (Å²) >= 11 is 0. The maximum absolute atomic E-state index is 12.6. The van der Waals surface area contributed by atoms with Crippen LogP contribution in [0.1, 0.15) is 12.8 Å². The van der Waals surface area contributed by atoms with E-state index in [-0.39, 0.29) is 17.9 Å². The summed E-state index contributed by atoms with van der Waals surface area (Å²) in [6.07, 6.45) is 2.78. The van der Waals surface area contributed by atoms with Gasteiger partial charge in [-0.1, -0.05) is 18.2 Å². The number of tetrazole rings is 1. The highest BCUT2D eigenvalue weighted by Gasteiger charge is 2.27. The molecule has 2 aromatic carbocycles. The van der Waals surface area contributed by atoms with E-state index in [1.165, 1.54) is 6.33 Å². The van der Waals surface area contributed by atoms with Gasteiger partial charge < -0.3 is 15.5 Å². The summed E-state index contributed by atoms with van der Waals surface area (Å²) in [5.74, 6) is -0.141. The molecule has 148 valence electrons. The van der Waals surface area contributed by atoms with Gasteiger partial charge in [-0.3, -0.25) is 4.79 Å². The Morgan fingerprint density at radius 2 is 1.59 bits per heavy atom. The molecule has 0 radical (unpaired) electrons. The SMILES string of the molecule is O=C(Nc1ccc(-n2cnnn2)cc1)C1CCN(C(=O)Nc2ccccc2)CC1. The van der Waals surface area contributed by atoms with Crippen LogP contribution >= 0.6 is 0 Å². The second-order valence-electron chi connectivity index (χ2n) is 6.85. The minimum atomic E-state index is -0.131. The average Bonchev–Trinajstić information content (AvgIpc) is 3.30. The Balaban J connectivity index is 1.27. The number of rotatable bonds is 4. The number of anilines is 2. The van der Waals surface area contributed by atoms with E-state index < -0.39 is 0 Å². The molecule has 1 aliphatic heterocycles. The molecule has 0 saturated carbocycles. The Bertz CT molecular complexity index is 950. The maximum Gasteiger partial charge on any atom is 0.321 e. The molecule has 1 saturated heterocycles. The third-order valence-electron chi connectivity index (χ3n) is 4.93. The molecule has 3 aromatic rings. The fourth-order valence-electron chi connectivity index (χ4n) is 3.29. The number of benzene rings is 2. The van der Waals surface area contributed by atoms with Gasteiger partial charge in [0.1, 0.15) is 6.33 Å². The maximum atomic E-state index is 12.6. The normalized spacial score (nSPS) is 14.4. The first-order chi connectivity index (χ1) is 14.2. The summed E-state index contributed by atoms with van der Waals surface area (Å²) in [7, 11) is 0. The van der Waals surface area contributed by atoms with Gasteiger partial charge >= 0.3 is 6.03 Å². The number of nitrogens with zero attached hydrogens (tertiary/aromatic N) is 5. The Labute approximate surface area is 167 Å². The van der Waals surface area contributed by atoms with Crippen LogP contribution in [0.4, 0.5) is 16.2 Å². The Morgan fingerprint density at radius 1 is 0.897 bits per heavy atom. The lowest BCUT2D eigenvalue weighted by Crippen LogP contribution is -2.43. The summed E-state index contributed by atoms with van der Waals surface area (Å²) in [6, 6.07) is 16.5. The third-order valence-corrected chi connectivity index (χ3v) is 4.93. The summed E-state index contributed by atoms with van der Waals surface area (Å²) in [5, 5.41) is 16.9. The van der Waals surface area contributed by atoms with Crippen molar-refractivity contribution in [3.05, 3.63) is 60.9 Å². The van der Waals surface area contributed by atoms with Gasteiger partial charge in [0.15, 0.2) is 0 Å². The number of urea groups is 1. The lowest BCUT2D eigenvalue weighted by molar-refractivity contribution is -0.121. The van der Waals surface area contributed by atoms with Crippen molar-refractivity contribution in [3.63, 3.8) is 0 Å². The van der Waals surface area contributed by atoms with Crippen LogP contribution in [0.25, 0.3) is 5.69 Å². The van der Waals surface area contributed by atoms with Crippen molar-refractivity contribution < 1.29 is 9.59 Å². The van der Waals surface area contributed by atoms with Crippen molar-refractivity contribution in [2.75, 3.05) is 23.7 Å². The van der Waals surface area contributed by atoms with Crippen molar-refractivity contribution in [2.45, 2.75) is 12.8 Å². The molecule has 29 heavy (non-hydrogen) atoms. The average molecular weight is 391 g/mol. The van der Waals surface area contributed by atoms with E-state index in [4.69, 9.17) is 0 Å². The molecular formula is C20H21N7O2. The van der Waals surface area contributed by atoms with Crippen molar-refractivity contribution in [2.24, 2.45) is 5.92 Å². The Kier molecular flexibility index (Phi) is 5.46. The highest BCUT2D eigenvalue weighted by Crippen LogP contribution is 2.21. The fourth-order valence-corrected chi connectivity index (χ4v) is 3.29. The zero-order chi connectivity index (χ0) is 20.1. The molecule has 0 bridgehead atoms. The van der Waals surface area contributed by atoms with Crippen LogP contribution in [0.3, 0.4) is 0 Å². The second kappa shape index (κ2) is 8.51. The van der Waals surface area contributed by atoms with E-state index in [0.717, 1.165) is 17.1 Å². The van der Waals surface area contributed by atoms with Crippen LogP contribution in [0.5, 0.6) is 0 Å². The van der Waals surface area contributed by atoms with Crippen LogP contribution in [-0.2, 0) is 4.79 Å². The Morgan fingerprint density at radius 3 is 2.24 bits per heavy atom. The zero-order valence-corrected chi connectivity index (χ0v) is 15.7. The number of piperidine rings is 1. The number of hydrogen-bond donors (Lipinski definition) is 2. The van der Waals surface area contributed by atoms with E-state index in [1.54, 1.807) is 9.58 Å². The van der Waals surface area contributed by atoms with Crippen molar-refractivity contribution in [1.82, 2.24) is 25.1 Å². The van der Waals surface area contributed by atoms with Gasteiger partial charge in [-0.2, -0.15) is 0 Å². The molecule has 9 nitrogen and oxygen atoms in total. The highest BCUT2D eigenvalue weighted by molar-refractivity contribution is 5.93. The molecule has 0 aliphatic carbocycles. The predicted molar refractivity (Wildman–Crippen MR) is 108 cm³/mol. The molecular weight excluding hydrogens is 370 g/mol. The largest absolute Gasteiger partial charge is 0.326 e. The van der Waals surface area contributed by atoms with Gasteiger partial charge in [0.25, 0.3) is 0 Å². The molecule has 2 heterocycles. The molecule has 0 atom stereocenters. The molecule has 4 rings (SSSR count). The van der Waals surface area contributed by atoms with E-state index >= 15 is 0 Å². The highest BCUT2D eigenvalue weighted by atomic mass is 16.2. The van der Waals surface area contributed by atoms with E-state index in [2.05, 4.69) is 26.2 Å². The minimum Gasteiger partial charge on any atom is -0.326 e. The Hall–Kier alpha value is -3.75. The smallest absolute Gasteiger partial charge is 0.321 e. The van der Waals surface area contributed by atoms with E-state index in [0.29, 0.717) is 25.9 Å². The molecule has 2 N–H and O–H groups in total. The van der Waals surface area contributed by atoms with Gasteiger partial charge in [-0.15, -0.1) is 5.10 Å². The molecule has 9 heteroatoms. The van der Waals surface area contributed by atoms with E-state index in [1.807, 2.05) is 54.6 Å². The zero-order valence-electron chi connectivity index (χ0n) is 15.7. The van der Waals surface area contributed by atoms with Gasteiger partial charge in [-0.25, -0.2) is 9.48 Å². The first-order valence-corrected chi connectivity index (χ1v) is 9.44. The summed E-state index contributed by atoms with van der Waals surface area (Å²) in [6.45, 7) is 1.10. The monoisotopic (exact) mass is 391 g/mol. The number of likely N-dealkylation sites (tertiary alicyclic amines) is 1. The standard InChI is InChI=1S/C20H21N7O2/c28-19(22-17-6-8-18(9-7-17)27-14-21-24-25-27)15-10-12-26(13-11-15)20(29)23-16-4-2-1-3-5-16/h1-9,14-15H,10-13H2,(H,22,28)(H,23,29). The van der Waals surface area contributed by atoms with Crippen LogP contribution in [0, 0.1) is 5.92 Å². The molecule has 0 spiro atoms. The quantitative estimate of drug-likeness (QED) is 0.711. The van der Waals surface area contributed by atoms with Crippen LogP contribution in [0.2, 0.25) is 0 Å². The topological polar surface area (TPSA) is 105 Å². The summed E-state index contributed by atoms with van der Waals surface area (Å²) in [4.78, 5) is 26.7. The predicted octanol–water partition coefficient (Wildman–Crippen LogP) is 2.54. The van der Waals surface area contributed by atoms with Gasteiger partial charge in [0.2, 0.25) is 5.91 Å². The minimum absolute atomic E-state index is 0.0247. The molecule has 1 aliphatic rings. The first kappa shape index (κ1) is 18.6.